The monoisotopic (exact) mass is 414 g/mol. The highest BCUT2D eigenvalue weighted by atomic mass is 32.2. The first kappa shape index (κ1) is 20.4. The van der Waals surface area contributed by atoms with Crippen molar-refractivity contribution in [3.05, 3.63) is 89.5 Å². The lowest BCUT2D eigenvalue weighted by atomic mass is 9.97. The van der Waals surface area contributed by atoms with Gasteiger partial charge in [-0.1, -0.05) is 73.7 Å². The fourth-order valence-corrected chi connectivity index (χ4v) is 4.53. The van der Waals surface area contributed by atoms with Crippen molar-refractivity contribution in [3.63, 3.8) is 0 Å². The van der Waals surface area contributed by atoms with Gasteiger partial charge in [-0.2, -0.15) is 0 Å². The molecule has 0 unspecified atom stereocenters. The van der Waals surface area contributed by atoms with Crippen LogP contribution in [0.15, 0.2) is 93.2 Å². The number of benzene rings is 2. The molecule has 3 nitrogen and oxygen atoms in total. The molecule has 2 aromatic rings. The average molecular weight is 415 g/mol. The summed E-state index contributed by atoms with van der Waals surface area (Å²) in [4.78, 5) is 20.0. The number of carbonyl (C=O) groups is 1. The van der Waals surface area contributed by atoms with Crippen molar-refractivity contribution in [2.24, 2.45) is 4.99 Å². The topological polar surface area (TPSA) is 41.5 Å². The lowest BCUT2D eigenvalue weighted by Gasteiger charge is -2.12. The minimum atomic E-state index is -0.0343. The number of allylic oxidation sites excluding steroid dienone is 6. The lowest BCUT2D eigenvalue weighted by Crippen LogP contribution is -2.24. The standard InChI is InChI=1S/C26H26N2OS/c1-2-3-17-27-26(29)20-15-16-24-22(18-20)28-25(19-11-7-5-4-6-8-12-19)21-13-9-10-14-23(21)30-24/h4-7,9-10,12-16,18H,2-3,8,11,17H2,1H3,(H,27,29)/b6-4-,7-5?,19-12+. The zero-order valence-electron chi connectivity index (χ0n) is 17.2. The SMILES string of the molecule is CCCCNC(=O)c1ccc2c(c1)N=C(/C1=C/C/C=C\C=CC1)c1ccccc1S2. The minimum Gasteiger partial charge on any atom is -0.352 e. The molecule has 0 fully saturated rings. The van der Waals surface area contributed by atoms with Gasteiger partial charge in [0.15, 0.2) is 0 Å². The van der Waals surface area contributed by atoms with Gasteiger partial charge in [0.2, 0.25) is 0 Å². The van der Waals surface area contributed by atoms with E-state index in [0.717, 1.165) is 47.5 Å². The smallest absolute Gasteiger partial charge is 0.251 e. The van der Waals surface area contributed by atoms with Crippen LogP contribution in [0.1, 0.15) is 48.5 Å². The van der Waals surface area contributed by atoms with Gasteiger partial charge in [-0.15, -0.1) is 0 Å². The maximum absolute atomic E-state index is 12.6. The van der Waals surface area contributed by atoms with E-state index in [2.05, 4.69) is 66.9 Å². The van der Waals surface area contributed by atoms with Gasteiger partial charge in [0.25, 0.3) is 5.91 Å². The summed E-state index contributed by atoms with van der Waals surface area (Å²) >= 11 is 1.72. The molecule has 30 heavy (non-hydrogen) atoms. The van der Waals surface area contributed by atoms with Crippen LogP contribution in [0.2, 0.25) is 0 Å². The van der Waals surface area contributed by atoms with Crippen LogP contribution >= 0.6 is 11.8 Å². The van der Waals surface area contributed by atoms with Crippen LogP contribution in [0, 0.1) is 0 Å². The number of rotatable bonds is 5. The van der Waals surface area contributed by atoms with E-state index in [1.54, 1.807) is 11.8 Å². The molecule has 0 spiro atoms. The molecular weight excluding hydrogens is 388 g/mol. The number of nitrogens with one attached hydrogen (secondary N) is 1. The Balaban J connectivity index is 1.76. The van der Waals surface area contributed by atoms with Gasteiger partial charge in [-0.3, -0.25) is 4.79 Å². The lowest BCUT2D eigenvalue weighted by molar-refractivity contribution is 0.0953. The third-order valence-electron chi connectivity index (χ3n) is 5.16. The molecule has 0 saturated carbocycles. The number of hydrogen-bond donors (Lipinski definition) is 1. The number of amides is 1. The zero-order chi connectivity index (χ0) is 20.8. The number of fused-ring (bicyclic) bond motifs is 2. The molecule has 0 aromatic heterocycles. The Morgan fingerprint density at radius 1 is 1.10 bits per heavy atom. The van der Waals surface area contributed by atoms with Crippen LogP contribution in [0.25, 0.3) is 0 Å². The number of carbonyl (C=O) groups excluding carboxylic acids is 1. The molecule has 2 aromatic carbocycles. The summed E-state index contributed by atoms with van der Waals surface area (Å²) in [5.74, 6) is -0.0343. The van der Waals surface area contributed by atoms with Crippen LogP contribution in [-0.4, -0.2) is 18.2 Å². The van der Waals surface area contributed by atoms with Crippen LogP contribution in [0.4, 0.5) is 5.69 Å². The molecule has 1 aliphatic carbocycles. The predicted octanol–water partition coefficient (Wildman–Crippen LogP) is 6.63. The summed E-state index contributed by atoms with van der Waals surface area (Å²) in [5.41, 5.74) is 4.89. The summed E-state index contributed by atoms with van der Waals surface area (Å²) in [6.45, 7) is 2.82. The fourth-order valence-electron chi connectivity index (χ4n) is 3.53. The number of unbranched alkanes of at least 4 members (excludes halogenated alkanes) is 1. The summed E-state index contributed by atoms with van der Waals surface area (Å²) in [7, 11) is 0. The molecule has 2 aliphatic rings. The van der Waals surface area contributed by atoms with E-state index >= 15 is 0 Å². The largest absolute Gasteiger partial charge is 0.352 e. The quantitative estimate of drug-likeness (QED) is 0.558. The first-order valence-electron chi connectivity index (χ1n) is 10.6. The van der Waals surface area contributed by atoms with Crippen molar-refractivity contribution in [1.82, 2.24) is 5.32 Å². The molecule has 4 heteroatoms. The molecule has 4 rings (SSSR count). The molecule has 152 valence electrons. The first-order chi connectivity index (χ1) is 14.8. The number of aliphatic imine (C=N–C) groups is 1. The normalized spacial score (nSPS) is 17.9. The van der Waals surface area contributed by atoms with Crippen molar-refractivity contribution in [1.29, 1.82) is 0 Å². The average Bonchev–Trinajstić information content (AvgIpc) is 2.90. The molecule has 0 bridgehead atoms. The van der Waals surface area contributed by atoms with Gasteiger partial charge in [-0.25, -0.2) is 4.99 Å². The second kappa shape index (κ2) is 9.77. The van der Waals surface area contributed by atoms with Gasteiger partial charge >= 0.3 is 0 Å². The Morgan fingerprint density at radius 3 is 2.87 bits per heavy atom. The van der Waals surface area contributed by atoms with E-state index < -0.39 is 0 Å². The molecule has 0 radical (unpaired) electrons. The fraction of sp³-hybridized carbons (Fsp3) is 0.231. The van der Waals surface area contributed by atoms with E-state index in [9.17, 15) is 4.79 Å². The van der Waals surface area contributed by atoms with Crippen molar-refractivity contribution < 1.29 is 4.79 Å². The minimum absolute atomic E-state index is 0.0343. The Kier molecular flexibility index (Phi) is 6.65. The number of hydrogen-bond acceptors (Lipinski definition) is 3. The Morgan fingerprint density at radius 2 is 1.97 bits per heavy atom. The highest BCUT2D eigenvalue weighted by molar-refractivity contribution is 7.99. The molecule has 1 amide bonds. The molecule has 1 heterocycles. The van der Waals surface area contributed by atoms with Gasteiger partial charge in [0, 0.05) is 27.5 Å². The summed E-state index contributed by atoms with van der Waals surface area (Å²) in [6, 6.07) is 14.3. The summed E-state index contributed by atoms with van der Waals surface area (Å²) in [5, 5.41) is 3.01. The van der Waals surface area contributed by atoms with E-state index in [4.69, 9.17) is 4.99 Å². The van der Waals surface area contributed by atoms with E-state index in [1.165, 1.54) is 10.5 Å². The van der Waals surface area contributed by atoms with Gasteiger partial charge in [0.1, 0.15) is 0 Å². The van der Waals surface area contributed by atoms with E-state index in [1.807, 2.05) is 18.2 Å². The third-order valence-corrected chi connectivity index (χ3v) is 6.30. The highest BCUT2D eigenvalue weighted by Gasteiger charge is 2.20. The van der Waals surface area contributed by atoms with E-state index in [0.29, 0.717) is 12.1 Å². The summed E-state index contributed by atoms with van der Waals surface area (Å²) < 4.78 is 0. The molecule has 0 saturated heterocycles. The maximum Gasteiger partial charge on any atom is 0.251 e. The van der Waals surface area contributed by atoms with Crippen molar-refractivity contribution in [2.75, 3.05) is 6.54 Å². The second-order valence-corrected chi connectivity index (χ2v) is 8.46. The van der Waals surface area contributed by atoms with Crippen molar-refractivity contribution >= 4 is 29.1 Å². The van der Waals surface area contributed by atoms with Gasteiger partial charge in [-0.05, 0) is 49.1 Å². The molecule has 0 atom stereocenters. The van der Waals surface area contributed by atoms with Crippen LogP contribution < -0.4 is 5.32 Å². The predicted molar refractivity (Wildman–Crippen MR) is 126 cm³/mol. The highest BCUT2D eigenvalue weighted by Crippen LogP contribution is 2.42. The Bertz CT molecular complexity index is 1060. The molecular formula is C26H26N2OS. The second-order valence-electron chi connectivity index (χ2n) is 7.38. The van der Waals surface area contributed by atoms with Crippen LogP contribution in [0.5, 0.6) is 0 Å². The zero-order valence-corrected chi connectivity index (χ0v) is 18.0. The molecule has 1 N–H and O–H groups in total. The molecule has 1 aliphatic heterocycles. The van der Waals surface area contributed by atoms with E-state index in [-0.39, 0.29) is 5.91 Å². The van der Waals surface area contributed by atoms with Crippen LogP contribution in [-0.2, 0) is 0 Å². The summed E-state index contributed by atoms with van der Waals surface area (Å²) in [6.07, 6.45) is 14.5. The van der Waals surface area contributed by atoms with Gasteiger partial charge in [0.05, 0.1) is 11.4 Å². The maximum atomic E-state index is 12.6. The van der Waals surface area contributed by atoms with Gasteiger partial charge < -0.3 is 5.32 Å². The Hall–Kier alpha value is -2.85. The van der Waals surface area contributed by atoms with Crippen molar-refractivity contribution in [2.45, 2.75) is 42.4 Å². The number of nitrogens with zero attached hydrogens (tertiary/aromatic N) is 1. The van der Waals surface area contributed by atoms with Crippen LogP contribution in [0.3, 0.4) is 0 Å². The first-order valence-corrected chi connectivity index (χ1v) is 11.4. The van der Waals surface area contributed by atoms with Crippen molar-refractivity contribution in [3.8, 4) is 0 Å². The third kappa shape index (κ3) is 4.65. The Labute approximate surface area is 182 Å².